The summed E-state index contributed by atoms with van der Waals surface area (Å²) < 4.78 is 1.24. The number of carbonyl (C=O) groups excluding carboxylic acids is 1. The Morgan fingerprint density at radius 2 is 1.55 bits per heavy atom. The summed E-state index contributed by atoms with van der Waals surface area (Å²) in [6.07, 6.45) is 0. The highest BCUT2D eigenvalue weighted by Gasteiger charge is 2.20. The van der Waals surface area contributed by atoms with Gasteiger partial charge in [0.25, 0.3) is 5.91 Å². The Bertz CT molecular complexity index is 1170. The van der Waals surface area contributed by atoms with Crippen molar-refractivity contribution in [3.8, 4) is 17.1 Å². The van der Waals surface area contributed by atoms with Crippen molar-refractivity contribution in [1.82, 2.24) is 24.7 Å². The van der Waals surface area contributed by atoms with Crippen molar-refractivity contribution in [1.29, 1.82) is 0 Å². The summed E-state index contributed by atoms with van der Waals surface area (Å²) in [5, 5.41) is 7.36. The van der Waals surface area contributed by atoms with E-state index >= 15 is 0 Å². The molecule has 7 N–H and O–H groups in total. The summed E-state index contributed by atoms with van der Waals surface area (Å²) in [5.74, 6) is -0.624. The molecule has 0 bridgehead atoms. The zero-order valence-electron chi connectivity index (χ0n) is 15.1. The number of benzene rings is 2. The first-order valence-electron chi connectivity index (χ1n) is 8.60. The van der Waals surface area contributed by atoms with E-state index in [0.717, 1.165) is 5.69 Å². The van der Waals surface area contributed by atoms with Crippen LogP contribution in [0.5, 0.6) is 0 Å². The number of aromatic nitrogens is 5. The van der Waals surface area contributed by atoms with Gasteiger partial charge in [-0.3, -0.25) is 4.79 Å². The van der Waals surface area contributed by atoms with Crippen LogP contribution in [-0.4, -0.2) is 30.6 Å². The number of hydrogen-bond acceptors (Lipinski definition) is 8. The lowest BCUT2D eigenvalue weighted by atomic mass is 10.1. The number of nitrogens with one attached hydrogen (secondary N) is 1. The van der Waals surface area contributed by atoms with Crippen LogP contribution in [0.3, 0.4) is 0 Å². The Labute approximate surface area is 165 Å². The molecule has 0 radical (unpaired) electrons. The molecule has 29 heavy (non-hydrogen) atoms. The molecule has 0 saturated carbocycles. The highest BCUT2D eigenvalue weighted by molar-refractivity contribution is 5.91. The second kappa shape index (κ2) is 7.27. The third kappa shape index (κ3) is 3.54. The minimum Gasteiger partial charge on any atom is -0.394 e. The van der Waals surface area contributed by atoms with Crippen molar-refractivity contribution >= 4 is 29.2 Å². The third-order valence-electron chi connectivity index (χ3n) is 4.06. The Balaban J connectivity index is 1.82. The standard InChI is InChI=1S/C19H17N9O/c20-13-14(11-7-3-1-4-8-11)24-16(15(21)29)25-17(13)28-18(22)26-19(27-28)23-12-9-5-2-6-10-12/h1-10H,20H2,(H2,21,29)(H3,22,23,26,27). The molecule has 0 atom stereocenters. The van der Waals surface area contributed by atoms with Crippen LogP contribution in [0.4, 0.5) is 23.3 Å². The quantitative estimate of drug-likeness (QED) is 0.402. The molecule has 0 saturated heterocycles. The lowest BCUT2D eigenvalue weighted by molar-refractivity contribution is 0.0990. The molecule has 0 spiro atoms. The van der Waals surface area contributed by atoms with Crippen molar-refractivity contribution in [2.75, 3.05) is 16.8 Å². The van der Waals surface area contributed by atoms with Gasteiger partial charge in [-0.15, -0.1) is 5.10 Å². The molecule has 0 fully saturated rings. The first-order valence-corrected chi connectivity index (χ1v) is 8.60. The van der Waals surface area contributed by atoms with Crippen LogP contribution in [0.2, 0.25) is 0 Å². The SMILES string of the molecule is NC(=O)c1nc(-c2ccccc2)c(N)c(-n2nc(Nc3ccccc3)nc2N)n1. The molecule has 4 rings (SSSR count). The van der Waals surface area contributed by atoms with Gasteiger partial charge in [0.15, 0.2) is 5.82 Å². The van der Waals surface area contributed by atoms with Crippen LogP contribution in [-0.2, 0) is 0 Å². The van der Waals surface area contributed by atoms with E-state index < -0.39 is 5.91 Å². The van der Waals surface area contributed by atoms with Crippen LogP contribution >= 0.6 is 0 Å². The average molecular weight is 387 g/mol. The van der Waals surface area contributed by atoms with Crippen LogP contribution in [0.25, 0.3) is 17.1 Å². The molecule has 2 aromatic carbocycles. The molecule has 10 nitrogen and oxygen atoms in total. The Kier molecular flexibility index (Phi) is 4.49. The highest BCUT2D eigenvalue weighted by Crippen LogP contribution is 2.29. The van der Waals surface area contributed by atoms with E-state index in [4.69, 9.17) is 17.2 Å². The normalized spacial score (nSPS) is 10.6. The zero-order valence-corrected chi connectivity index (χ0v) is 15.1. The van der Waals surface area contributed by atoms with Gasteiger partial charge in [-0.1, -0.05) is 48.5 Å². The largest absolute Gasteiger partial charge is 0.394 e. The molecule has 10 heteroatoms. The number of nitrogens with zero attached hydrogens (tertiary/aromatic N) is 5. The first kappa shape index (κ1) is 17.9. The van der Waals surface area contributed by atoms with Crippen LogP contribution < -0.4 is 22.5 Å². The van der Waals surface area contributed by atoms with Crippen molar-refractivity contribution in [3.05, 3.63) is 66.5 Å². The number of hydrogen-bond donors (Lipinski definition) is 4. The van der Waals surface area contributed by atoms with Gasteiger partial charge in [0, 0.05) is 11.3 Å². The topological polar surface area (TPSA) is 164 Å². The van der Waals surface area contributed by atoms with Crippen LogP contribution in [0.1, 0.15) is 10.6 Å². The fraction of sp³-hybridized carbons (Fsp3) is 0. The predicted octanol–water partition coefficient (Wildman–Crippen LogP) is 1.73. The third-order valence-corrected chi connectivity index (χ3v) is 4.06. The summed E-state index contributed by atoms with van der Waals surface area (Å²) in [5.41, 5.74) is 19.7. The van der Waals surface area contributed by atoms with Gasteiger partial charge in [-0.2, -0.15) is 9.67 Å². The molecule has 0 unspecified atom stereocenters. The predicted molar refractivity (Wildman–Crippen MR) is 109 cm³/mol. The minimum atomic E-state index is -0.801. The van der Waals surface area contributed by atoms with Gasteiger partial charge in [0.2, 0.25) is 17.7 Å². The molecule has 0 aliphatic carbocycles. The summed E-state index contributed by atoms with van der Waals surface area (Å²) in [4.78, 5) is 24.3. The van der Waals surface area contributed by atoms with E-state index in [1.165, 1.54) is 4.68 Å². The van der Waals surface area contributed by atoms with E-state index in [9.17, 15) is 4.79 Å². The number of carbonyl (C=O) groups is 1. The number of nitrogen functional groups attached to an aromatic ring is 2. The van der Waals surface area contributed by atoms with Gasteiger partial charge in [0.05, 0.1) is 5.69 Å². The number of amides is 1. The Morgan fingerprint density at radius 1 is 0.897 bits per heavy atom. The fourth-order valence-corrected chi connectivity index (χ4v) is 2.73. The monoisotopic (exact) mass is 387 g/mol. The number of rotatable bonds is 5. The maximum atomic E-state index is 11.8. The van der Waals surface area contributed by atoms with Crippen molar-refractivity contribution in [3.63, 3.8) is 0 Å². The summed E-state index contributed by atoms with van der Waals surface area (Å²) in [7, 11) is 0. The van der Waals surface area contributed by atoms with Gasteiger partial charge < -0.3 is 22.5 Å². The molecule has 2 heterocycles. The lowest BCUT2D eigenvalue weighted by Crippen LogP contribution is -2.19. The molecule has 2 aromatic heterocycles. The summed E-state index contributed by atoms with van der Waals surface area (Å²) in [6.45, 7) is 0. The molecule has 1 amide bonds. The number of para-hydroxylation sites is 1. The number of nitrogens with two attached hydrogens (primary N) is 3. The maximum Gasteiger partial charge on any atom is 0.286 e. The second-order valence-electron chi connectivity index (χ2n) is 6.06. The molecular formula is C19H17N9O. The van der Waals surface area contributed by atoms with Crippen molar-refractivity contribution in [2.24, 2.45) is 5.73 Å². The van der Waals surface area contributed by atoms with E-state index in [2.05, 4.69) is 25.4 Å². The van der Waals surface area contributed by atoms with E-state index in [-0.39, 0.29) is 29.2 Å². The van der Waals surface area contributed by atoms with Crippen molar-refractivity contribution < 1.29 is 4.79 Å². The Hall–Kier alpha value is -4.47. The molecule has 144 valence electrons. The lowest BCUT2D eigenvalue weighted by Gasteiger charge is -2.11. The second-order valence-corrected chi connectivity index (χ2v) is 6.06. The van der Waals surface area contributed by atoms with E-state index in [0.29, 0.717) is 11.3 Å². The smallest absolute Gasteiger partial charge is 0.286 e. The first-order chi connectivity index (χ1) is 14.0. The summed E-state index contributed by atoms with van der Waals surface area (Å²) >= 11 is 0. The van der Waals surface area contributed by atoms with Crippen LogP contribution in [0, 0.1) is 0 Å². The number of anilines is 4. The molecular weight excluding hydrogens is 370 g/mol. The van der Waals surface area contributed by atoms with Gasteiger partial charge in [0.1, 0.15) is 5.69 Å². The fourth-order valence-electron chi connectivity index (χ4n) is 2.73. The molecule has 0 aliphatic heterocycles. The van der Waals surface area contributed by atoms with Gasteiger partial charge >= 0.3 is 0 Å². The van der Waals surface area contributed by atoms with Crippen LogP contribution in [0.15, 0.2) is 60.7 Å². The molecule has 0 aliphatic rings. The van der Waals surface area contributed by atoms with Gasteiger partial charge in [-0.05, 0) is 12.1 Å². The Morgan fingerprint density at radius 3 is 2.21 bits per heavy atom. The van der Waals surface area contributed by atoms with Crippen molar-refractivity contribution in [2.45, 2.75) is 0 Å². The number of primary amides is 1. The van der Waals surface area contributed by atoms with E-state index in [1.54, 1.807) is 12.1 Å². The average Bonchev–Trinajstić information content (AvgIpc) is 3.09. The highest BCUT2D eigenvalue weighted by atomic mass is 16.1. The van der Waals surface area contributed by atoms with E-state index in [1.807, 2.05) is 48.5 Å². The van der Waals surface area contributed by atoms with Gasteiger partial charge in [-0.25, -0.2) is 9.97 Å². The minimum absolute atomic E-state index is 0.0308. The maximum absolute atomic E-state index is 11.8. The molecule has 4 aromatic rings. The summed E-state index contributed by atoms with van der Waals surface area (Å²) in [6, 6.07) is 18.5. The zero-order chi connectivity index (χ0) is 20.4.